The van der Waals surface area contributed by atoms with E-state index in [1.165, 1.54) is 22.0 Å². The van der Waals surface area contributed by atoms with Gasteiger partial charge in [-0.2, -0.15) is 4.31 Å². The molecule has 5 rings (SSSR count). The summed E-state index contributed by atoms with van der Waals surface area (Å²) in [5.74, 6) is 0.0625. The number of hydrogen-bond donors (Lipinski definition) is 8. The summed E-state index contributed by atoms with van der Waals surface area (Å²) in [6.07, 6.45) is -4.05. The van der Waals surface area contributed by atoms with E-state index >= 15 is 0 Å². The molecule has 2 aromatic heterocycles. The number of rotatable bonds is 10. The van der Waals surface area contributed by atoms with Crippen molar-refractivity contribution in [1.29, 1.82) is 0 Å². The highest BCUT2D eigenvalue weighted by atomic mass is 31.3. The van der Waals surface area contributed by atoms with Crippen molar-refractivity contribution in [2.75, 3.05) is 25.5 Å². The fourth-order valence-electron chi connectivity index (χ4n) is 4.58. The van der Waals surface area contributed by atoms with Gasteiger partial charge < -0.3 is 56.1 Å². The fourth-order valence-corrected chi connectivity index (χ4v) is 6.67. The minimum absolute atomic E-state index is 0.0625. The van der Waals surface area contributed by atoms with Gasteiger partial charge >= 0.3 is 15.6 Å². The zero-order valence-electron chi connectivity index (χ0n) is 21.5. The van der Waals surface area contributed by atoms with Gasteiger partial charge in [-0.1, -0.05) is 6.08 Å². The van der Waals surface area contributed by atoms with Crippen LogP contribution in [0.15, 0.2) is 36.7 Å². The second-order valence-electron chi connectivity index (χ2n) is 9.51. The number of aromatic nitrogens is 4. The maximum absolute atomic E-state index is 12.4. The van der Waals surface area contributed by atoms with Crippen molar-refractivity contribution in [1.82, 2.24) is 24.4 Å². The van der Waals surface area contributed by atoms with E-state index in [-0.39, 0.29) is 17.0 Å². The molecule has 2 fully saturated rings. The van der Waals surface area contributed by atoms with Crippen LogP contribution in [0.1, 0.15) is 6.23 Å². The van der Waals surface area contributed by atoms with Gasteiger partial charge in [-0.3, -0.25) is 13.6 Å². The normalized spacial score (nSPS) is 34.4. The number of nitrogens with zero attached hydrogens (tertiary/aromatic N) is 5. The highest BCUT2D eigenvalue weighted by molar-refractivity contribution is 7.61. The minimum Gasteiger partial charge on any atom is -0.398 e. The highest BCUT2D eigenvalue weighted by Crippen LogP contribution is 2.60. The van der Waals surface area contributed by atoms with Gasteiger partial charge in [0, 0.05) is 18.4 Å². The summed E-state index contributed by atoms with van der Waals surface area (Å²) in [5.41, 5.74) is 12.2. The molecule has 10 atom stereocenters. The fraction of sp³-hybridized carbons (Fsp3) is 0.550. The zero-order chi connectivity index (χ0) is 30.4. The molecule has 2 unspecified atom stereocenters. The first-order valence-corrected chi connectivity index (χ1v) is 15.3. The number of allylic oxidation sites excluding steroid dienone is 1. The monoisotopic (exact) mass is 637 g/mol. The van der Waals surface area contributed by atoms with E-state index in [1.807, 2.05) is 0 Å². The second kappa shape index (κ2) is 11.9. The van der Waals surface area contributed by atoms with Crippen LogP contribution >= 0.6 is 15.6 Å². The van der Waals surface area contributed by atoms with Crippen molar-refractivity contribution in [2.45, 2.75) is 49.1 Å². The summed E-state index contributed by atoms with van der Waals surface area (Å²) in [5, 5.41) is 41.5. The Bertz CT molecular complexity index is 1460. The Morgan fingerprint density at radius 2 is 1.50 bits per heavy atom. The van der Waals surface area contributed by atoms with Crippen molar-refractivity contribution in [3.8, 4) is 0 Å². The van der Waals surface area contributed by atoms with Crippen LogP contribution in [0.5, 0.6) is 0 Å². The first kappa shape index (κ1) is 30.9. The van der Waals surface area contributed by atoms with Gasteiger partial charge in [0.05, 0.1) is 19.5 Å². The number of anilines is 1. The van der Waals surface area contributed by atoms with Gasteiger partial charge in [0.1, 0.15) is 48.5 Å². The van der Waals surface area contributed by atoms with Crippen molar-refractivity contribution in [2.24, 2.45) is 5.73 Å². The molecule has 0 spiro atoms. The van der Waals surface area contributed by atoms with Gasteiger partial charge in [0.15, 0.2) is 23.9 Å². The molecule has 0 aliphatic carbocycles. The molecule has 232 valence electrons. The third-order valence-electron chi connectivity index (χ3n) is 6.61. The van der Waals surface area contributed by atoms with Crippen LogP contribution in [-0.4, -0.2) is 117 Å². The van der Waals surface area contributed by atoms with Crippen LogP contribution in [0, 0.1) is 0 Å². The second-order valence-corrected chi connectivity index (χ2v) is 12.6. The lowest BCUT2D eigenvalue weighted by Crippen LogP contribution is -2.42. The molecule has 10 N–H and O–H groups in total. The molecular formula is C20H29N7O13P2. The van der Waals surface area contributed by atoms with Crippen molar-refractivity contribution >= 4 is 32.6 Å². The minimum atomic E-state index is -5.33. The maximum Gasteiger partial charge on any atom is 0.481 e. The molecule has 3 aliphatic heterocycles. The van der Waals surface area contributed by atoms with Crippen LogP contribution < -0.4 is 11.5 Å². The Balaban J connectivity index is 1.14. The summed E-state index contributed by atoms with van der Waals surface area (Å²) in [6.45, 7) is -1.39. The predicted molar refractivity (Wildman–Crippen MR) is 137 cm³/mol. The van der Waals surface area contributed by atoms with Crippen molar-refractivity contribution in [3.05, 3.63) is 36.7 Å². The van der Waals surface area contributed by atoms with Crippen LogP contribution in [0.25, 0.3) is 11.2 Å². The summed E-state index contributed by atoms with van der Waals surface area (Å²) < 4.78 is 50.8. The maximum atomic E-state index is 12.4. The van der Waals surface area contributed by atoms with Crippen LogP contribution in [0.2, 0.25) is 0 Å². The molecule has 3 aliphatic rings. The number of fused-ring (bicyclic) bond motifs is 1. The smallest absolute Gasteiger partial charge is 0.398 e. The molecule has 0 saturated carbocycles. The third-order valence-corrected chi connectivity index (χ3v) is 9.22. The van der Waals surface area contributed by atoms with E-state index in [9.17, 15) is 39.3 Å². The van der Waals surface area contributed by atoms with Gasteiger partial charge in [-0.15, -0.1) is 0 Å². The standard InChI is InChI=1S/C20H29N7O13P2/c21-9-2-1-3-26(4-9)19-15(30)13(28)10(38-19)5-36-41(32,33)40-42(34,35)37-6-11-14(29)16(31)20(39-11)27-8-25-12-17(22)23-7-24-18(12)27/h1-2,4,7-8,10-11,13-16,19-20,28-31H,3,5-6,21H2,(H,32,33)(H,34,35)(H2,22,23,24)/t10-,11-,13+,14+,15-,16-,19-,20-/m1/s1. The molecule has 42 heavy (non-hydrogen) atoms. The molecule has 0 bridgehead atoms. The molecule has 0 amide bonds. The number of nitrogens with two attached hydrogens (primary N) is 2. The third kappa shape index (κ3) is 6.36. The molecule has 2 aromatic rings. The average Bonchev–Trinajstić information content (AvgIpc) is 3.56. The Morgan fingerprint density at radius 3 is 2.12 bits per heavy atom. The largest absolute Gasteiger partial charge is 0.481 e. The number of imidazole rings is 1. The van der Waals surface area contributed by atoms with E-state index in [2.05, 4.69) is 19.3 Å². The Morgan fingerprint density at radius 1 is 0.905 bits per heavy atom. The molecule has 22 heteroatoms. The molecule has 0 aromatic carbocycles. The Kier molecular flexibility index (Phi) is 8.72. The molecule has 0 radical (unpaired) electrons. The van der Waals surface area contributed by atoms with Crippen molar-refractivity contribution < 1.29 is 62.2 Å². The number of aliphatic hydroxyl groups is 4. The first-order valence-electron chi connectivity index (χ1n) is 12.3. The highest BCUT2D eigenvalue weighted by Gasteiger charge is 2.48. The summed E-state index contributed by atoms with van der Waals surface area (Å²) in [4.78, 5) is 33.3. The summed E-state index contributed by atoms with van der Waals surface area (Å²) >= 11 is 0. The number of aliphatic hydroxyl groups excluding tert-OH is 4. The quantitative estimate of drug-likeness (QED) is 0.124. The average molecular weight is 637 g/mol. The van der Waals surface area contributed by atoms with Crippen LogP contribution in [-0.2, 0) is 32.0 Å². The van der Waals surface area contributed by atoms with E-state index in [0.717, 1.165) is 6.33 Å². The van der Waals surface area contributed by atoms with E-state index in [0.29, 0.717) is 12.2 Å². The number of hydrogen-bond acceptors (Lipinski definition) is 17. The summed E-state index contributed by atoms with van der Waals surface area (Å²) in [7, 11) is -10.6. The van der Waals surface area contributed by atoms with Crippen LogP contribution in [0.4, 0.5) is 5.82 Å². The van der Waals surface area contributed by atoms with Gasteiger partial charge in [0.2, 0.25) is 0 Å². The van der Waals surface area contributed by atoms with Gasteiger partial charge in [0.25, 0.3) is 0 Å². The lowest BCUT2D eigenvalue weighted by molar-refractivity contribution is -0.0762. The van der Waals surface area contributed by atoms with E-state index < -0.39 is 77.9 Å². The van der Waals surface area contributed by atoms with Crippen molar-refractivity contribution in [3.63, 3.8) is 0 Å². The Hall–Kier alpha value is -2.55. The molecular weight excluding hydrogens is 608 g/mol. The van der Waals surface area contributed by atoms with Gasteiger partial charge in [-0.05, 0) is 6.08 Å². The molecule has 5 heterocycles. The number of ether oxygens (including phenoxy) is 2. The predicted octanol–water partition coefficient (Wildman–Crippen LogP) is -2.60. The number of phosphoric acid groups is 2. The molecule has 2 saturated heterocycles. The Labute approximate surface area is 236 Å². The van der Waals surface area contributed by atoms with E-state index in [1.54, 1.807) is 12.2 Å². The summed E-state index contributed by atoms with van der Waals surface area (Å²) in [6, 6.07) is 0. The molecule has 20 nitrogen and oxygen atoms in total. The SMILES string of the molecule is NC1=CN([C@@H]2O[C@H](COP(=O)(O)OP(=O)(O)OC[C@H]3O[C@@H](n4cnc5c(N)ncnc54)[C@H](O)[C@H]3O)[C@H](O)[C@H]2O)CC=C1. The topological polar surface area (TPSA) is 301 Å². The van der Waals surface area contributed by atoms with Crippen LogP contribution in [0.3, 0.4) is 0 Å². The van der Waals surface area contributed by atoms with E-state index in [4.69, 9.17) is 30.0 Å². The zero-order valence-corrected chi connectivity index (χ0v) is 23.2. The first-order chi connectivity index (χ1) is 19.8. The number of nitrogen functional groups attached to an aromatic ring is 1. The van der Waals surface area contributed by atoms with Gasteiger partial charge in [-0.25, -0.2) is 24.1 Å². The lowest BCUT2D eigenvalue weighted by Gasteiger charge is -2.30. The number of phosphoric ester groups is 2. The lowest BCUT2D eigenvalue weighted by atomic mass is 10.1.